The molecule has 0 aliphatic carbocycles. The molecule has 1 aromatic heterocycles. The lowest BCUT2D eigenvalue weighted by Gasteiger charge is -2.09. The Morgan fingerprint density at radius 3 is 2.79 bits per heavy atom. The number of hydrogen-bond donors (Lipinski definition) is 4. The molecule has 0 aliphatic rings. The van der Waals surface area contributed by atoms with Crippen LogP contribution in [0.25, 0.3) is 0 Å². The van der Waals surface area contributed by atoms with Crippen molar-refractivity contribution in [2.45, 2.75) is 11.5 Å². The van der Waals surface area contributed by atoms with Crippen LogP contribution < -0.4 is 27.2 Å². The van der Waals surface area contributed by atoms with Crippen molar-refractivity contribution in [2.75, 3.05) is 28.7 Å². The van der Waals surface area contributed by atoms with Gasteiger partial charge in [-0.25, -0.2) is 13.4 Å². The summed E-state index contributed by atoms with van der Waals surface area (Å²) < 4.78 is 30.2. The Labute approximate surface area is 160 Å². The van der Waals surface area contributed by atoms with Crippen molar-refractivity contribution in [3.8, 4) is 0 Å². The number of amidine groups is 1. The summed E-state index contributed by atoms with van der Waals surface area (Å²) in [4.78, 5) is 22.3. The number of benzene rings is 1. The van der Waals surface area contributed by atoms with E-state index in [1.807, 2.05) is 0 Å². The molecule has 146 valence electrons. The second-order valence-electron chi connectivity index (χ2n) is 5.57. The monoisotopic (exact) mass is 408 g/mol. The fraction of sp³-hybridized carbons (Fsp3) is 0.188. The Morgan fingerprint density at radius 2 is 2.07 bits per heavy atom. The second kappa shape index (κ2) is 8.17. The lowest BCUT2D eigenvalue weighted by molar-refractivity contribution is 0.151. The molecule has 0 bridgehead atoms. The van der Waals surface area contributed by atoms with Gasteiger partial charge in [-0.1, -0.05) is 23.9 Å². The summed E-state index contributed by atoms with van der Waals surface area (Å²) in [5.41, 5.74) is 4.32. The number of nitrogens with two attached hydrogens (primary N) is 1. The molecule has 1 heterocycles. The number of hydrogen-bond acceptors (Lipinski definition) is 9. The Balaban J connectivity index is 1.57. The summed E-state index contributed by atoms with van der Waals surface area (Å²) in [6.07, 6.45) is -2.62. The molecule has 0 unspecified atom stereocenters. The zero-order chi connectivity index (χ0) is 20.3. The maximum absolute atomic E-state index is 12.8. The number of anilines is 3. The van der Waals surface area contributed by atoms with Crippen LogP contribution >= 0.6 is 11.8 Å². The highest BCUT2D eigenvalue weighted by Crippen LogP contribution is 2.23. The minimum atomic E-state index is -2.62. The summed E-state index contributed by atoms with van der Waals surface area (Å²) in [6, 6.07) is 5.51. The molecule has 0 radical (unpaired) electrons. The van der Waals surface area contributed by atoms with E-state index < -0.39 is 17.3 Å². The third kappa shape index (κ3) is 4.01. The third-order valence-electron chi connectivity index (χ3n) is 3.69. The van der Waals surface area contributed by atoms with Crippen molar-refractivity contribution in [1.29, 1.82) is 5.41 Å². The van der Waals surface area contributed by atoms with Gasteiger partial charge in [0.1, 0.15) is 11.4 Å². The first-order valence-electron chi connectivity index (χ1n) is 7.90. The quantitative estimate of drug-likeness (QED) is 0.144. The highest BCUT2D eigenvalue weighted by Gasteiger charge is 2.19. The molecule has 2 aromatic carbocycles. The van der Waals surface area contributed by atoms with Crippen LogP contribution in [-0.2, 0) is 0 Å². The van der Waals surface area contributed by atoms with E-state index in [1.54, 1.807) is 6.07 Å². The molecule has 0 saturated heterocycles. The van der Waals surface area contributed by atoms with Crippen LogP contribution in [0.15, 0.2) is 43.5 Å². The van der Waals surface area contributed by atoms with Crippen LogP contribution in [0.1, 0.15) is 17.7 Å². The molecule has 0 spiro atoms. The Morgan fingerprint density at radius 1 is 1.29 bits per heavy atom. The summed E-state index contributed by atoms with van der Waals surface area (Å²) in [5, 5.41) is 21.2. The third-order valence-corrected chi connectivity index (χ3v) is 4.64. The average molecular weight is 408 g/mol. The summed E-state index contributed by atoms with van der Waals surface area (Å²) in [5.74, 6) is 0.239. The molecule has 28 heavy (non-hydrogen) atoms. The minimum Gasteiger partial charge on any atom is -0.394 e. The van der Waals surface area contributed by atoms with Gasteiger partial charge in [0.05, 0.1) is 0 Å². The van der Waals surface area contributed by atoms with E-state index in [4.69, 9.17) is 11.1 Å². The number of nitrogens with one attached hydrogen (secondary N) is 3. The number of nitrogens with zero attached hydrogens (tertiary/aromatic N) is 2. The maximum atomic E-state index is 12.8. The highest BCUT2D eigenvalue weighted by atomic mass is 32.2. The van der Waals surface area contributed by atoms with E-state index in [-0.39, 0.29) is 28.5 Å². The Kier molecular flexibility index (Phi) is 5.68. The molecule has 0 saturated carbocycles. The molecular formula is C16H14F2N6O3S. The summed E-state index contributed by atoms with van der Waals surface area (Å²) in [6.45, 7) is 0.309. The van der Waals surface area contributed by atoms with Crippen LogP contribution in [0.4, 0.5) is 25.8 Å². The zero-order valence-corrected chi connectivity index (χ0v) is 15.0. The van der Waals surface area contributed by atoms with Gasteiger partial charge in [-0.2, -0.15) is 0 Å². The van der Waals surface area contributed by atoms with Gasteiger partial charge in [0.25, 0.3) is 17.3 Å². The molecule has 3 rings (SSSR count). The predicted octanol–water partition coefficient (Wildman–Crippen LogP) is 1.83. The van der Waals surface area contributed by atoms with Crippen molar-refractivity contribution in [2.24, 2.45) is 0 Å². The molecule has 0 amide bonds. The van der Waals surface area contributed by atoms with Gasteiger partial charge in [0, 0.05) is 23.5 Å². The van der Waals surface area contributed by atoms with Gasteiger partial charge < -0.3 is 16.4 Å². The standard InChI is InChI=1S/C16H14F2N6O3S/c17-14(18)7-2-1-3-8(6-7)22-15(20)11-16(24-27-23-11)28-5-4-21-10-9(19)12(25)13(10)26/h1-3,6,14,21H,4-5,19H2,(H2,20,22). The van der Waals surface area contributed by atoms with Gasteiger partial charge in [0.15, 0.2) is 16.6 Å². The number of aromatic nitrogens is 2. The maximum Gasteiger partial charge on any atom is 0.263 e. The molecule has 3 aromatic rings. The van der Waals surface area contributed by atoms with E-state index in [0.717, 1.165) is 0 Å². The number of thioether (sulfide) groups is 1. The van der Waals surface area contributed by atoms with Crippen LogP contribution in [0, 0.1) is 5.41 Å². The molecular weight excluding hydrogens is 394 g/mol. The van der Waals surface area contributed by atoms with E-state index in [9.17, 15) is 18.4 Å². The number of nitrogen functional groups attached to an aromatic ring is 1. The Bertz CT molecular complexity index is 1080. The van der Waals surface area contributed by atoms with Gasteiger partial charge >= 0.3 is 0 Å². The lowest BCUT2D eigenvalue weighted by atomic mass is 10.2. The molecule has 5 N–H and O–H groups in total. The van der Waals surface area contributed by atoms with Gasteiger partial charge in [-0.3, -0.25) is 15.0 Å². The molecule has 9 nitrogen and oxygen atoms in total. The zero-order valence-electron chi connectivity index (χ0n) is 14.2. The highest BCUT2D eigenvalue weighted by molar-refractivity contribution is 7.99. The van der Waals surface area contributed by atoms with Gasteiger partial charge in [0.2, 0.25) is 0 Å². The van der Waals surface area contributed by atoms with Crippen molar-refractivity contribution in [3.05, 3.63) is 56.0 Å². The molecule has 0 atom stereocenters. The van der Waals surface area contributed by atoms with E-state index in [0.29, 0.717) is 23.0 Å². The van der Waals surface area contributed by atoms with Gasteiger partial charge in [-0.05, 0) is 22.4 Å². The summed E-state index contributed by atoms with van der Waals surface area (Å²) in [7, 11) is 0. The normalized spacial score (nSPS) is 11.1. The largest absolute Gasteiger partial charge is 0.394 e. The smallest absolute Gasteiger partial charge is 0.263 e. The summed E-state index contributed by atoms with van der Waals surface area (Å²) >= 11 is 1.19. The van der Waals surface area contributed by atoms with Crippen LogP contribution in [0.2, 0.25) is 0 Å². The SMILES string of the molecule is N=C(Nc1cccc(C(F)F)c1)c1nonc1SCCNc1c(N)c(=O)c1=O. The van der Waals surface area contributed by atoms with E-state index in [2.05, 4.69) is 25.6 Å². The van der Waals surface area contributed by atoms with Crippen LogP contribution in [0.3, 0.4) is 0 Å². The minimum absolute atomic E-state index is 0.0872. The van der Waals surface area contributed by atoms with Crippen molar-refractivity contribution >= 4 is 34.7 Å². The number of halogens is 2. The van der Waals surface area contributed by atoms with Gasteiger partial charge in [-0.15, -0.1) is 0 Å². The molecule has 12 heteroatoms. The van der Waals surface area contributed by atoms with Crippen LogP contribution in [-0.4, -0.2) is 28.4 Å². The Hall–Kier alpha value is -3.28. The van der Waals surface area contributed by atoms with Crippen molar-refractivity contribution in [3.63, 3.8) is 0 Å². The molecule has 0 fully saturated rings. The fourth-order valence-electron chi connectivity index (χ4n) is 2.29. The number of alkyl halides is 2. The second-order valence-corrected chi connectivity index (χ2v) is 6.65. The average Bonchev–Trinajstić information content (AvgIpc) is 3.16. The number of rotatable bonds is 8. The molecule has 0 aliphatic heterocycles. The predicted molar refractivity (Wildman–Crippen MR) is 101 cm³/mol. The van der Waals surface area contributed by atoms with E-state index in [1.165, 1.54) is 30.0 Å². The van der Waals surface area contributed by atoms with Crippen molar-refractivity contribution in [1.82, 2.24) is 10.3 Å². The first kappa shape index (κ1) is 19.5. The first-order valence-corrected chi connectivity index (χ1v) is 8.89. The topological polar surface area (TPSA) is 147 Å². The van der Waals surface area contributed by atoms with E-state index >= 15 is 0 Å². The van der Waals surface area contributed by atoms with Crippen molar-refractivity contribution < 1.29 is 13.4 Å². The first-order chi connectivity index (χ1) is 13.4. The lowest BCUT2D eigenvalue weighted by Crippen LogP contribution is -2.37. The van der Waals surface area contributed by atoms with Crippen LogP contribution in [0.5, 0.6) is 0 Å². The fourth-order valence-corrected chi connectivity index (χ4v) is 3.05.